The second-order valence-electron chi connectivity index (χ2n) is 2.91. The lowest BCUT2D eigenvalue weighted by atomic mass is 10.1. The van der Waals surface area contributed by atoms with Gasteiger partial charge in [-0.25, -0.2) is 0 Å². The SMILES string of the molecule is [2H]C([2H])([2H])C1([2H])NC([2H])(C([2H])([2H])[2H])C([2H])([2H])N(c2ccc(Br)cc2)C1([2H])[2H]. The maximum absolute atomic E-state index is 8.28. The highest BCUT2D eigenvalue weighted by atomic mass is 79.9. The molecule has 0 aliphatic carbocycles. The van der Waals surface area contributed by atoms with Crippen LogP contribution >= 0.6 is 15.9 Å². The standard InChI is InChI=1S/C12H17BrN2/c1-9-7-15(8-10(2)14-9)12-5-3-11(13)4-6-12/h3-6,9-10,14H,7-8H2,1-2H3/i1D3,2D3,7D2,8D2,9D,10D. The predicted octanol–water partition coefficient (Wildman–Crippen LogP) is 2.64. The number of nitrogens with zero attached hydrogens (tertiary/aromatic N) is 1. The number of benzene rings is 1. The molecule has 15 heavy (non-hydrogen) atoms. The van der Waals surface area contributed by atoms with Crippen LogP contribution in [0.5, 0.6) is 0 Å². The molecule has 0 aromatic heterocycles. The molecule has 82 valence electrons. The average Bonchev–Trinajstić information content (AvgIpc) is 2.45. The van der Waals surface area contributed by atoms with Crippen molar-refractivity contribution in [2.75, 3.05) is 17.9 Å². The normalized spacial score (nSPS) is 56.7. The summed E-state index contributed by atoms with van der Waals surface area (Å²) in [6, 6.07) is -1.30. The van der Waals surface area contributed by atoms with Gasteiger partial charge in [0.15, 0.2) is 0 Å². The van der Waals surface area contributed by atoms with Gasteiger partial charge >= 0.3 is 0 Å². The monoisotopic (exact) mass is 280 g/mol. The van der Waals surface area contributed by atoms with Gasteiger partial charge in [-0.1, -0.05) is 15.9 Å². The van der Waals surface area contributed by atoms with Crippen molar-refractivity contribution in [3.8, 4) is 0 Å². The minimum atomic E-state index is -3.42. The van der Waals surface area contributed by atoms with Crippen LogP contribution in [0, 0.1) is 0 Å². The Hall–Kier alpha value is -0.540. The zero-order chi connectivity index (χ0) is 21.3. The van der Waals surface area contributed by atoms with Crippen LogP contribution in [0.2, 0.25) is 0 Å². The molecule has 2 rings (SSSR count). The zero-order valence-electron chi connectivity index (χ0n) is 19.6. The average molecular weight is 281 g/mol. The lowest BCUT2D eigenvalue weighted by Crippen LogP contribution is -2.54. The van der Waals surface area contributed by atoms with Crippen LogP contribution in [-0.4, -0.2) is 25.0 Å². The molecule has 1 aliphatic heterocycles. The summed E-state index contributed by atoms with van der Waals surface area (Å²) in [4.78, 5) is 0.252. The first-order chi connectivity index (χ1) is 11.8. The van der Waals surface area contributed by atoms with Crippen molar-refractivity contribution in [1.29, 1.82) is 0 Å². The van der Waals surface area contributed by atoms with Crippen LogP contribution in [0.4, 0.5) is 5.69 Å². The Morgan fingerprint density at radius 2 is 2.00 bits per heavy atom. The van der Waals surface area contributed by atoms with Gasteiger partial charge in [0.05, 0.1) is 5.48 Å². The number of hydrogen-bond donors (Lipinski definition) is 1. The number of nitrogens with one attached hydrogen (secondary N) is 1. The molecule has 1 heterocycles. The van der Waals surface area contributed by atoms with Crippen LogP contribution in [0.3, 0.4) is 0 Å². The van der Waals surface area contributed by atoms with Gasteiger partial charge in [-0.3, -0.25) is 0 Å². The highest BCUT2D eigenvalue weighted by Crippen LogP contribution is 2.20. The summed E-state index contributed by atoms with van der Waals surface area (Å²) in [7, 11) is 0. The largest absolute Gasteiger partial charge is 0.368 e. The van der Waals surface area contributed by atoms with Gasteiger partial charge in [0.1, 0.15) is 0 Å². The highest BCUT2D eigenvalue weighted by Gasteiger charge is 2.20. The van der Waals surface area contributed by atoms with Gasteiger partial charge < -0.3 is 10.2 Å². The third kappa shape index (κ3) is 2.73. The summed E-state index contributed by atoms with van der Waals surface area (Å²) >= 11 is 3.16. The summed E-state index contributed by atoms with van der Waals surface area (Å²) in [6.07, 6.45) is 0. The Kier molecular flexibility index (Phi) is 1.05. The van der Waals surface area contributed by atoms with Crippen LogP contribution in [0.25, 0.3) is 0 Å². The first kappa shape index (κ1) is 3.47. The molecule has 1 N–H and O–H groups in total. The molecule has 3 heteroatoms. The maximum atomic E-state index is 8.28. The van der Waals surface area contributed by atoms with Crippen molar-refractivity contribution in [2.24, 2.45) is 0 Å². The Morgan fingerprint density at radius 1 is 1.40 bits per heavy atom. The van der Waals surface area contributed by atoms with E-state index >= 15 is 0 Å². The number of rotatable bonds is 1. The van der Waals surface area contributed by atoms with E-state index in [1.165, 1.54) is 24.3 Å². The van der Waals surface area contributed by atoms with E-state index < -0.39 is 38.7 Å². The van der Waals surface area contributed by atoms with Crippen LogP contribution in [-0.2, 0) is 0 Å². The Labute approximate surface area is 117 Å². The van der Waals surface area contributed by atoms with E-state index in [2.05, 4.69) is 15.9 Å². The Balaban J connectivity index is 2.86. The van der Waals surface area contributed by atoms with E-state index in [-0.39, 0.29) is 10.6 Å². The van der Waals surface area contributed by atoms with E-state index in [1.807, 2.05) is 0 Å². The number of halogens is 1. The molecule has 1 aliphatic rings. The Morgan fingerprint density at radius 3 is 2.53 bits per heavy atom. The van der Waals surface area contributed by atoms with E-state index in [0.717, 1.165) is 0 Å². The van der Waals surface area contributed by atoms with E-state index in [0.29, 0.717) is 4.47 Å². The quantitative estimate of drug-likeness (QED) is 0.851. The van der Waals surface area contributed by atoms with Crippen molar-refractivity contribution in [1.82, 2.24) is 5.32 Å². The molecule has 1 fully saturated rings. The second kappa shape index (κ2) is 4.54. The number of anilines is 1. The van der Waals surface area contributed by atoms with E-state index in [4.69, 9.17) is 16.4 Å². The molecule has 2 unspecified atom stereocenters. The first-order valence-electron chi connectivity index (χ1n) is 10.2. The molecule has 0 radical (unpaired) electrons. The molecule has 0 saturated carbocycles. The lowest BCUT2D eigenvalue weighted by molar-refractivity contribution is 0.407. The van der Waals surface area contributed by atoms with Crippen LogP contribution in [0.1, 0.15) is 30.2 Å². The molecule has 0 bridgehead atoms. The molecule has 1 aromatic carbocycles. The van der Waals surface area contributed by atoms with Gasteiger partial charge in [-0.15, -0.1) is 0 Å². The van der Waals surface area contributed by atoms with Gasteiger partial charge in [0.25, 0.3) is 0 Å². The molecular weight excluding hydrogens is 252 g/mol. The van der Waals surface area contributed by atoms with Gasteiger partial charge in [-0.2, -0.15) is 0 Å². The summed E-state index contributed by atoms with van der Waals surface area (Å²) in [5.41, 5.74) is -0.212. The Bertz CT molecular complexity index is 677. The van der Waals surface area contributed by atoms with Crippen LogP contribution in [0.15, 0.2) is 28.7 Å². The minimum absolute atomic E-state index is 0.212. The molecule has 1 aromatic rings. The number of hydrogen-bond acceptors (Lipinski definition) is 2. The van der Waals surface area contributed by atoms with Crippen molar-refractivity contribution in [3.05, 3.63) is 28.7 Å². The lowest BCUT2D eigenvalue weighted by Gasteiger charge is -2.37. The smallest absolute Gasteiger partial charge is 0.0509 e. The van der Waals surface area contributed by atoms with E-state index in [1.54, 1.807) is 5.32 Å². The maximum Gasteiger partial charge on any atom is 0.0509 e. The first-order valence-corrected chi connectivity index (χ1v) is 4.97. The molecule has 1 saturated heterocycles. The zero-order valence-corrected chi connectivity index (χ0v) is 9.22. The fraction of sp³-hybridized carbons (Fsp3) is 0.500. The fourth-order valence-electron chi connectivity index (χ4n) is 1.15. The fourth-order valence-corrected chi connectivity index (χ4v) is 1.42. The summed E-state index contributed by atoms with van der Waals surface area (Å²) < 4.78 is 95.8. The van der Waals surface area contributed by atoms with Crippen molar-refractivity contribution >= 4 is 21.6 Å². The predicted molar refractivity (Wildman–Crippen MR) is 68.4 cm³/mol. The van der Waals surface area contributed by atoms with Gasteiger partial charge in [0.2, 0.25) is 0 Å². The summed E-state index contributed by atoms with van der Waals surface area (Å²) in [6.45, 7) is -13.3. The molecule has 0 spiro atoms. The topological polar surface area (TPSA) is 15.3 Å². The second-order valence-corrected chi connectivity index (χ2v) is 3.83. The van der Waals surface area contributed by atoms with Gasteiger partial charge in [0, 0.05) is 46.2 Å². The minimum Gasteiger partial charge on any atom is -0.368 e. The van der Waals surface area contributed by atoms with Gasteiger partial charge in [-0.05, 0) is 38.0 Å². The summed E-state index contributed by atoms with van der Waals surface area (Å²) in [5, 5.41) is 1.69. The molecule has 2 nitrogen and oxygen atoms in total. The van der Waals surface area contributed by atoms with Crippen molar-refractivity contribution < 1.29 is 16.4 Å². The number of piperazine rings is 1. The molecule has 0 amide bonds. The third-order valence-corrected chi connectivity index (χ3v) is 2.31. The molecular formula is C12H17BrN2. The van der Waals surface area contributed by atoms with E-state index in [9.17, 15) is 0 Å². The van der Waals surface area contributed by atoms with Crippen molar-refractivity contribution in [2.45, 2.75) is 25.7 Å². The summed E-state index contributed by atoms with van der Waals surface area (Å²) in [5.74, 6) is 0. The van der Waals surface area contributed by atoms with Crippen LogP contribution < -0.4 is 10.2 Å². The van der Waals surface area contributed by atoms with Crippen molar-refractivity contribution in [3.63, 3.8) is 0 Å². The molecule has 2 atom stereocenters. The highest BCUT2D eigenvalue weighted by molar-refractivity contribution is 9.10. The third-order valence-electron chi connectivity index (χ3n) is 1.78.